The second-order valence-electron chi connectivity index (χ2n) is 6.50. The van der Waals surface area contributed by atoms with Gasteiger partial charge in [-0.05, 0) is 36.8 Å². The number of benzene rings is 1. The monoisotopic (exact) mass is 475 g/mol. The maximum atomic E-state index is 12.8. The molecule has 1 aromatic heterocycles. The van der Waals surface area contributed by atoms with E-state index in [4.69, 9.17) is 39.8 Å². The fraction of sp³-hybridized carbons (Fsp3) is 0.222. The highest BCUT2D eigenvalue weighted by atomic mass is 35.5. The van der Waals surface area contributed by atoms with Crippen LogP contribution in [-0.2, 0) is 4.79 Å². The predicted octanol–water partition coefficient (Wildman–Crippen LogP) is 5.98. The van der Waals surface area contributed by atoms with Crippen LogP contribution in [0.15, 0.2) is 39.7 Å². The number of carbonyl (C=O) groups excluding carboxylic acids is 1. The molecule has 1 atom stereocenters. The minimum Gasteiger partial charge on any atom is -0.457 e. The Hall–Kier alpha value is -1.000. The van der Waals surface area contributed by atoms with Gasteiger partial charge < -0.3 is 4.42 Å². The molecule has 4 rings (SSSR count). The summed E-state index contributed by atoms with van der Waals surface area (Å²) in [7, 11) is -2.61. The van der Waals surface area contributed by atoms with Crippen molar-refractivity contribution in [3.05, 3.63) is 51.0 Å². The van der Waals surface area contributed by atoms with Crippen molar-refractivity contribution in [2.24, 2.45) is 0 Å². The summed E-state index contributed by atoms with van der Waals surface area (Å²) in [6.07, 6.45) is 2.18. The lowest BCUT2D eigenvalue weighted by atomic mass is 10.2. The van der Waals surface area contributed by atoms with E-state index in [9.17, 15) is 13.9 Å². The Labute approximate surface area is 183 Å². The van der Waals surface area contributed by atoms with Gasteiger partial charge in [0.2, 0.25) is 0 Å². The highest BCUT2D eigenvalue weighted by Crippen LogP contribution is 2.49. The fourth-order valence-corrected chi connectivity index (χ4v) is 6.59. The summed E-state index contributed by atoms with van der Waals surface area (Å²) in [5.41, 5.74) is 0.776. The van der Waals surface area contributed by atoms with E-state index in [1.54, 1.807) is 36.4 Å². The summed E-state index contributed by atoms with van der Waals surface area (Å²) < 4.78 is 25.9. The zero-order valence-corrected chi connectivity index (χ0v) is 18.3. The Balaban J connectivity index is 1.55. The number of thioether (sulfide) groups is 1. The average Bonchev–Trinajstić information content (AvgIpc) is 3.29. The van der Waals surface area contributed by atoms with Crippen LogP contribution in [0, 0.1) is 0 Å². The van der Waals surface area contributed by atoms with E-state index in [0.29, 0.717) is 43.0 Å². The Morgan fingerprint density at radius 3 is 2.71 bits per heavy atom. The van der Waals surface area contributed by atoms with Crippen molar-refractivity contribution in [1.82, 2.24) is 4.90 Å². The molecule has 1 unspecified atom stereocenters. The van der Waals surface area contributed by atoms with Crippen molar-refractivity contribution in [1.29, 1.82) is 0 Å². The number of carbonyl (C=O) groups is 1. The maximum absolute atomic E-state index is 12.8. The van der Waals surface area contributed by atoms with Crippen molar-refractivity contribution in [2.45, 2.75) is 12.5 Å². The van der Waals surface area contributed by atoms with Gasteiger partial charge in [-0.3, -0.25) is 18.8 Å². The molecule has 0 spiro atoms. The number of hydrogen-bond donors (Lipinski definition) is 2. The molecule has 1 amide bonds. The Morgan fingerprint density at radius 1 is 1.25 bits per heavy atom. The SMILES string of the molecule is O=C1/C(=C\c2ccc(-c3ccc(Cl)c(Cl)c3)o2)SC(=S)N1C1CCS(O)(O)C1. The van der Waals surface area contributed by atoms with Crippen LogP contribution in [0.3, 0.4) is 0 Å². The van der Waals surface area contributed by atoms with E-state index in [2.05, 4.69) is 0 Å². The number of furan rings is 1. The van der Waals surface area contributed by atoms with Crippen LogP contribution >= 0.6 is 57.8 Å². The molecule has 5 nitrogen and oxygen atoms in total. The van der Waals surface area contributed by atoms with Crippen LogP contribution in [0.2, 0.25) is 10.0 Å². The molecule has 3 heterocycles. The molecule has 0 radical (unpaired) electrons. The zero-order chi connectivity index (χ0) is 20.1. The lowest BCUT2D eigenvalue weighted by molar-refractivity contribution is -0.123. The summed E-state index contributed by atoms with van der Waals surface area (Å²) in [5, 5.41) is 0.893. The molecule has 2 aliphatic heterocycles. The lowest BCUT2D eigenvalue weighted by Crippen LogP contribution is -2.39. The summed E-state index contributed by atoms with van der Waals surface area (Å²) in [4.78, 5) is 14.7. The molecule has 2 fully saturated rings. The molecular formula is C18H15Cl2NO4S3. The van der Waals surface area contributed by atoms with E-state index >= 15 is 0 Å². The minimum atomic E-state index is -2.61. The molecular weight excluding hydrogens is 461 g/mol. The largest absolute Gasteiger partial charge is 0.457 e. The van der Waals surface area contributed by atoms with Gasteiger partial charge in [0.05, 0.1) is 26.7 Å². The predicted molar refractivity (Wildman–Crippen MR) is 120 cm³/mol. The molecule has 0 aliphatic carbocycles. The standard InChI is InChI=1S/C18H15Cl2NO4S3/c19-13-3-1-10(7-14(13)20)15-4-2-12(25-15)8-16-17(22)21(18(26)27-16)11-5-6-28(23,24)9-11/h1-4,7-8,11,23-24H,5-6,9H2/b16-8+. The molecule has 2 N–H and O–H groups in total. The van der Waals surface area contributed by atoms with E-state index < -0.39 is 10.6 Å². The van der Waals surface area contributed by atoms with Gasteiger partial charge in [0.25, 0.3) is 5.91 Å². The minimum absolute atomic E-state index is 0.176. The normalized spacial score (nSPS) is 24.4. The first-order valence-electron chi connectivity index (χ1n) is 8.29. The Morgan fingerprint density at radius 2 is 2.04 bits per heavy atom. The zero-order valence-electron chi connectivity index (χ0n) is 14.3. The lowest BCUT2D eigenvalue weighted by Gasteiger charge is -2.28. The van der Waals surface area contributed by atoms with E-state index in [1.165, 1.54) is 16.7 Å². The van der Waals surface area contributed by atoms with Crippen LogP contribution in [0.5, 0.6) is 0 Å². The van der Waals surface area contributed by atoms with Crippen molar-refractivity contribution < 1.29 is 18.3 Å². The number of amides is 1. The van der Waals surface area contributed by atoms with Gasteiger partial charge in [0.15, 0.2) is 0 Å². The molecule has 0 bridgehead atoms. The van der Waals surface area contributed by atoms with Crippen molar-refractivity contribution >= 4 is 74.1 Å². The first kappa shape index (κ1) is 20.3. The van der Waals surface area contributed by atoms with Crippen molar-refractivity contribution in [3.63, 3.8) is 0 Å². The molecule has 148 valence electrons. The Kier molecular flexibility index (Phi) is 5.56. The highest BCUT2D eigenvalue weighted by molar-refractivity contribution is 8.27. The van der Waals surface area contributed by atoms with Crippen LogP contribution in [0.25, 0.3) is 17.4 Å². The topological polar surface area (TPSA) is 73.9 Å². The number of thiocarbonyl (C=S) groups is 1. The van der Waals surface area contributed by atoms with Crippen LogP contribution in [0.1, 0.15) is 12.2 Å². The fourth-order valence-electron chi connectivity index (χ4n) is 3.16. The van der Waals surface area contributed by atoms with Gasteiger partial charge in [0.1, 0.15) is 15.8 Å². The van der Waals surface area contributed by atoms with Gasteiger partial charge >= 0.3 is 0 Å². The van der Waals surface area contributed by atoms with Crippen LogP contribution < -0.4 is 0 Å². The summed E-state index contributed by atoms with van der Waals surface area (Å²) in [6, 6.07) is 8.49. The van der Waals surface area contributed by atoms with Gasteiger partial charge in [-0.2, -0.15) is 10.6 Å². The van der Waals surface area contributed by atoms with Gasteiger partial charge in [0, 0.05) is 17.4 Å². The van der Waals surface area contributed by atoms with Gasteiger partial charge in [-0.1, -0.05) is 47.2 Å². The second-order valence-corrected chi connectivity index (χ2v) is 11.3. The van der Waals surface area contributed by atoms with Gasteiger partial charge in [-0.25, -0.2) is 0 Å². The summed E-state index contributed by atoms with van der Waals surface area (Å²) in [6.45, 7) is 0. The van der Waals surface area contributed by atoms with Crippen LogP contribution in [0.4, 0.5) is 0 Å². The molecule has 2 saturated heterocycles. The number of hydrogen-bond acceptors (Lipinski definition) is 6. The van der Waals surface area contributed by atoms with E-state index in [1.807, 2.05) is 0 Å². The molecule has 2 aromatic rings. The van der Waals surface area contributed by atoms with Crippen LogP contribution in [-0.4, -0.2) is 41.8 Å². The number of nitrogens with zero attached hydrogens (tertiary/aromatic N) is 1. The van der Waals surface area contributed by atoms with Crippen molar-refractivity contribution in [2.75, 3.05) is 11.5 Å². The second kappa shape index (κ2) is 7.68. The smallest absolute Gasteiger partial charge is 0.266 e. The molecule has 10 heteroatoms. The first-order chi connectivity index (χ1) is 13.2. The number of halogens is 2. The third kappa shape index (κ3) is 4.00. The van der Waals surface area contributed by atoms with Gasteiger partial charge in [-0.15, -0.1) is 0 Å². The van der Waals surface area contributed by atoms with Crippen molar-refractivity contribution in [3.8, 4) is 11.3 Å². The molecule has 28 heavy (non-hydrogen) atoms. The molecule has 1 aromatic carbocycles. The Bertz CT molecular complexity index is 1000. The quantitative estimate of drug-likeness (QED) is 0.420. The first-order valence-corrected chi connectivity index (χ1v) is 12.2. The maximum Gasteiger partial charge on any atom is 0.266 e. The number of rotatable bonds is 3. The highest BCUT2D eigenvalue weighted by Gasteiger charge is 2.42. The molecule has 2 aliphatic rings. The third-order valence-electron chi connectivity index (χ3n) is 4.53. The summed E-state index contributed by atoms with van der Waals surface area (Å²) in [5.74, 6) is 1.36. The molecule has 0 saturated carbocycles. The van der Waals surface area contributed by atoms with E-state index in [-0.39, 0.29) is 17.7 Å². The third-order valence-corrected chi connectivity index (χ3v) is 8.41. The summed E-state index contributed by atoms with van der Waals surface area (Å²) >= 11 is 18.5. The average molecular weight is 476 g/mol. The van der Waals surface area contributed by atoms with E-state index in [0.717, 1.165) is 5.56 Å².